The number of hydrogen-bond acceptors (Lipinski definition) is 6. The number of rotatable bonds is 5. The van der Waals surface area contributed by atoms with Crippen LogP contribution in [0.5, 0.6) is 0 Å². The molecule has 1 heterocycles. The smallest absolute Gasteiger partial charge is 0.337 e. The van der Waals surface area contributed by atoms with Crippen molar-refractivity contribution >= 4 is 11.9 Å². The van der Waals surface area contributed by atoms with E-state index >= 15 is 0 Å². The normalized spacial score (nSPS) is 38.5. The van der Waals surface area contributed by atoms with E-state index in [1.165, 1.54) is 0 Å². The second kappa shape index (κ2) is 12.3. The molecule has 3 unspecified atom stereocenters. The maximum Gasteiger partial charge on any atom is 0.337 e. The first-order valence-electron chi connectivity index (χ1n) is 10.7. The summed E-state index contributed by atoms with van der Waals surface area (Å²) < 4.78 is 10.5. The third-order valence-corrected chi connectivity index (χ3v) is 7.78. The number of cyclic esters (lactones) is 1. The standard InChI is InChI=1S/C23H34O6.2Ac/c1-5-20(26)29-17-12-28-21(27)15(17)7-8-16-14(2)6-9-18-22(16,3)11-10-19(25)23(18,4)13-24;;/h7,16-19,24-25H,2,5-6,8-13H2,1,3-4H3;;/b15-7+;;/t16-,17?,18?,19?,22+,23-;;/m0../s1. The summed E-state index contributed by atoms with van der Waals surface area (Å²) in [6.07, 6.45) is 4.78. The van der Waals surface area contributed by atoms with Crippen molar-refractivity contribution in [2.75, 3.05) is 13.2 Å². The Morgan fingerprint density at radius 3 is 2.61 bits per heavy atom. The third kappa shape index (κ3) is 5.90. The molecule has 0 aromatic rings. The quantitative estimate of drug-likeness (QED) is 0.251. The fraction of sp³-hybridized carbons (Fsp3) is 0.739. The van der Waals surface area contributed by atoms with Crippen LogP contribution in [0.3, 0.4) is 0 Å². The Kier molecular flexibility index (Phi) is 12.0. The number of carbonyl (C=O) groups excluding carboxylic acids is 2. The number of ether oxygens (including phenoxy) is 2. The molecular formula is C23H34Ac2O6. The zero-order chi connectivity index (χ0) is 21.4. The molecule has 3 rings (SSSR count). The molecule has 0 aromatic heterocycles. The molecule has 168 valence electrons. The monoisotopic (exact) mass is 860 g/mol. The summed E-state index contributed by atoms with van der Waals surface area (Å²) in [5, 5.41) is 20.7. The maximum absolute atomic E-state index is 12.2. The molecule has 2 radical (unpaired) electrons. The average Bonchev–Trinajstić information content (AvgIpc) is 3.03. The van der Waals surface area contributed by atoms with Crippen molar-refractivity contribution in [3.05, 3.63) is 23.8 Å². The summed E-state index contributed by atoms with van der Waals surface area (Å²) in [4.78, 5) is 23.9. The van der Waals surface area contributed by atoms with Gasteiger partial charge in [-0.05, 0) is 49.4 Å². The van der Waals surface area contributed by atoms with Crippen LogP contribution in [0.15, 0.2) is 23.8 Å². The van der Waals surface area contributed by atoms with Gasteiger partial charge >= 0.3 is 11.9 Å². The van der Waals surface area contributed by atoms with Crippen LogP contribution in [-0.4, -0.2) is 47.6 Å². The number of hydrogen-bond donors (Lipinski definition) is 2. The zero-order valence-electron chi connectivity index (χ0n) is 18.9. The van der Waals surface area contributed by atoms with E-state index in [1.54, 1.807) is 6.92 Å². The number of aliphatic hydroxyl groups excluding tert-OH is 2. The minimum absolute atomic E-state index is 0. The average molecular weight is 861 g/mol. The number of aliphatic hydroxyl groups is 2. The van der Waals surface area contributed by atoms with Gasteiger partial charge in [0.25, 0.3) is 0 Å². The molecule has 6 atom stereocenters. The Bertz CT molecular complexity index is 723. The second-order valence-corrected chi connectivity index (χ2v) is 9.35. The molecule has 3 aliphatic rings. The van der Waals surface area contributed by atoms with E-state index < -0.39 is 23.6 Å². The first-order chi connectivity index (χ1) is 13.7. The Balaban J connectivity index is 0.00000240. The van der Waals surface area contributed by atoms with E-state index in [0.717, 1.165) is 24.8 Å². The van der Waals surface area contributed by atoms with Gasteiger partial charge in [-0.2, -0.15) is 0 Å². The van der Waals surface area contributed by atoms with Gasteiger partial charge < -0.3 is 19.7 Å². The number of esters is 2. The molecule has 2 aliphatic carbocycles. The van der Waals surface area contributed by atoms with E-state index in [2.05, 4.69) is 13.5 Å². The largest absolute Gasteiger partial charge is 0.458 e. The predicted molar refractivity (Wildman–Crippen MR) is 108 cm³/mol. The summed E-state index contributed by atoms with van der Waals surface area (Å²) in [5.41, 5.74) is 0.892. The summed E-state index contributed by atoms with van der Waals surface area (Å²) in [7, 11) is 0. The van der Waals surface area contributed by atoms with Crippen LogP contribution >= 0.6 is 0 Å². The maximum atomic E-state index is 12.2. The minimum atomic E-state index is -0.647. The molecule has 2 N–H and O–H groups in total. The van der Waals surface area contributed by atoms with E-state index in [1.807, 2.05) is 13.0 Å². The molecule has 31 heavy (non-hydrogen) atoms. The zero-order valence-corrected chi connectivity index (χ0v) is 28.4. The van der Waals surface area contributed by atoms with Crippen molar-refractivity contribution in [3.63, 3.8) is 0 Å². The molecular weight excluding hydrogens is 826 g/mol. The van der Waals surface area contributed by atoms with Crippen molar-refractivity contribution in [1.82, 2.24) is 0 Å². The third-order valence-electron chi connectivity index (χ3n) is 7.78. The van der Waals surface area contributed by atoms with E-state index in [-0.39, 0.29) is 131 Å². The molecule has 1 saturated heterocycles. The predicted octanol–water partition coefficient (Wildman–Crippen LogP) is 2.92. The molecule has 0 amide bonds. The van der Waals surface area contributed by atoms with Crippen molar-refractivity contribution < 1.29 is 117 Å². The van der Waals surface area contributed by atoms with E-state index in [0.29, 0.717) is 18.4 Å². The van der Waals surface area contributed by atoms with E-state index in [9.17, 15) is 19.8 Å². The van der Waals surface area contributed by atoms with Crippen LogP contribution in [-0.2, 0) is 19.1 Å². The van der Waals surface area contributed by atoms with Gasteiger partial charge in [0, 0.05) is 100.0 Å². The van der Waals surface area contributed by atoms with Gasteiger partial charge in [0.05, 0.1) is 18.3 Å². The fourth-order valence-electron chi connectivity index (χ4n) is 5.89. The Labute approximate surface area is 257 Å². The first kappa shape index (κ1) is 30.3. The Hall–Kier alpha value is 1.22. The van der Waals surface area contributed by atoms with Crippen LogP contribution < -0.4 is 0 Å². The molecule has 1 aliphatic heterocycles. The van der Waals surface area contributed by atoms with Crippen LogP contribution in [0.25, 0.3) is 0 Å². The Morgan fingerprint density at radius 2 is 2.00 bits per heavy atom. The number of allylic oxidation sites excluding steroid dienone is 2. The van der Waals surface area contributed by atoms with Crippen LogP contribution in [0.2, 0.25) is 0 Å². The second-order valence-electron chi connectivity index (χ2n) is 9.35. The SMILES string of the molecule is C=C1CCC2[C@](C)(CO)C(O)CC[C@]2(C)[C@H]1C/C=C1/C(=O)OCC1OC(=O)CC.[Ac].[Ac]. The van der Waals surface area contributed by atoms with Gasteiger partial charge in [0.2, 0.25) is 0 Å². The summed E-state index contributed by atoms with van der Waals surface area (Å²) in [5.74, 6) is -0.487. The molecule has 8 heteroatoms. The molecule has 3 fully saturated rings. The molecule has 0 bridgehead atoms. The van der Waals surface area contributed by atoms with Crippen molar-refractivity contribution in [2.45, 2.75) is 71.5 Å². The fourth-order valence-corrected chi connectivity index (χ4v) is 5.89. The van der Waals surface area contributed by atoms with Crippen LogP contribution in [0, 0.1) is 111 Å². The topological polar surface area (TPSA) is 93.1 Å². The van der Waals surface area contributed by atoms with Crippen LogP contribution in [0.4, 0.5) is 0 Å². The summed E-state index contributed by atoms with van der Waals surface area (Å²) >= 11 is 0. The van der Waals surface area contributed by atoms with Crippen molar-refractivity contribution in [2.24, 2.45) is 22.7 Å². The Morgan fingerprint density at radius 1 is 1.32 bits per heavy atom. The molecule has 0 aromatic carbocycles. The summed E-state index contributed by atoms with van der Waals surface area (Å²) in [6, 6.07) is 0. The van der Waals surface area contributed by atoms with E-state index in [4.69, 9.17) is 9.47 Å². The van der Waals surface area contributed by atoms with Gasteiger partial charge in [-0.25, -0.2) is 4.79 Å². The minimum Gasteiger partial charge on any atom is -0.458 e. The first-order valence-corrected chi connectivity index (χ1v) is 10.7. The van der Waals surface area contributed by atoms with Gasteiger partial charge in [-0.1, -0.05) is 39.0 Å². The van der Waals surface area contributed by atoms with Gasteiger partial charge in [0.15, 0.2) is 6.10 Å². The molecule has 6 nitrogen and oxygen atoms in total. The molecule has 0 spiro atoms. The molecule has 2 saturated carbocycles. The number of carbonyl (C=O) groups is 2. The number of fused-ring (bicyclic) bond motifs is 1. The van der Waals surface area contributed by atoms with Gasteiger partial charge in [-0.15, -0.1) is 0 Å². The summed E-state index contributed by atoms with van der Waals surface area (Å²) in [6.45, 7) is 10.3. The van der Waals surface area contributed by atoms with Crippen LogP contribution in [0.1, 0.15) is 59.3 Å². The van der Waals surface area contributed by atoms with Crippen molar-refractivity contribution in [3.8, 4) is 0 Å². The van der Waals surface area contributed by atoms with Gasteiger partial charge in [-0.3, -0.25) is 4.79 Å². The van der Waals surface area contributed by atoms with Crippen molar-refractivity contribution in [1.29, 1.82) is 0 Å². The van der Waals surface area contributed by atoms with Gasteiger partial charge in [0.1, 0.15) is 6.61 Å².